The molecule has 0 spiro atoms. The van der Waals surface area contributed by atoms with Gasteiger partial charge in [0.2, 0.25) is 0 Å². The van der Waals surface area contributed by atoms with Crippen LogP contribution in [0.3, 0.4) is 0 Å². The maximum atomic E-state index is 12.0. The molecule has 0 saturated carbocycles. The van der Waals surface area contributed by atoms with Crippen molar-refractivity contribution in [2.45, 2.75) is 20.8 Å². The van der Waals surface area contributed by atoms with E-state index in [9.17, 15) is 4.79 Å². The second kappa shape index (κ2) is 5.65. The van der Waals surface area contributed by atoms with E-state index in [1.165, 1.54) is 0 Å². The first-order chi connectivity index (χ1) is 9.11. The lowest BCUT2D eigenvalue weighted by Gasteiger charge is -2.07. The molecule has 2 rings (SSSR count). The number of aryl methyl sites for hydroxylation is 2. The summed E-state index contributed by atoms with van der Waals surface area (Å²) in [6, 6.07) is 7.85. The minimum Gasteiger partial charge on any atom is -0.458 e. The molecule has 0 aliphatic heterocycles. The predicted octanol–water partition coefficient (Wildman–Crippen LogP) is 3.58. The number of carbonyl (C=O) groups is 1. The molecule has 0 atom stereocenters. The van der Waals surface area contributed by atoms with Crippen molar-refractivity contribution in [1.82, 2.24) is 4.98 Å². The number of aromatic nitrogens is 1. The molecule has 2 aromatic rings. The molecule has 0 unspecified atom stereocenters. The van der Waals surface area contributed by atoms with Crippen molar-refractivity contribution >= 4 is 16.9 Å². The topological polar surface area (TPSA) is 39.2 Å². The third kappa shape index (κ3) is 2.99. The molecule has 98 valence electrons. The minimum absolute atomic E-state index is 0.292. The second-order valence-corrected chi connectivity index (χ2v) is 4.48. The van der Waals surface area contributed by atoms with Crippen molar-refractivity contribution < 1.29 is 9.53 Å². The fourth-order valence-corrected chi connectivity index (χ4v) is 1.90. The standard InChI is InChI=1S/C16H17NO2/c1-4-5-8-19-16(18)14-10-13-9-11(2)6-7-15(13)17-12(14)3/h4-7,9-10H,8H2,1-3H3/b5-4+. The molecule has 1 aromatic heterocycles. The van der Waals surface area contributed by atoms with E-state index in [2.05, 4.69) is 4.98 Å². The van der Waals surface area contributed by atoms with E-state index < -0.39 is 0 Å². The van der Waals surface area contributed by atoms with Gasteiger partial charge in [-0.05, 0) is 39.0 Å². The summed E-state index contributed by atoms with van der Waals surface area (Å²) in [4.78, 5) is 16.4. The SMILES string of the molecule is C/C=C/COC(=O)c1cc2cc(C)ccc2nc1C. The lowest BCUT2D eigenvalue weighted by atomic mass is 10.1. The van der Waals surface area contributed by atoms with Gasteiger partial charge in [-0.15, -0.1) is 0 Å². The van der Waals surface area contributed by atoms with Crippen molar-refractivity contribution in [2.24, 2.45) is 0 Å². The van der Waals surface area contributed by atoms with E-state index in [-0.39, 0.29) is 5.97 Å². The lowest BCUT2D eigenvalue weighted by Crippen LogP contribution is -2.08. The largest absolute Gasteiger partial charge is 0.458 e. The smallest absolute Gasteiger partial charge is 0.340 e. The highest BCUT2D eigenvalue weighted by molar-refractivity contribution is 5.95. The fraction of sp³-hybridized carbons (Fsp3) is 0.250. The van der Waals surface area contributed by atoms with Crippen molar-refractivity contribution in [3.63, 3.8) is 0 Å². The van der Waals surface area contributed by atoms with Crippen LogP contribution in [-0.2, 0) is 4.74 Å². The molecule has 1 heterocycles. The quantitative estimate of drug-likeness (QED) is 0.621. The third-order valence-corrected chi connectivity index (χ3v) is 2.93. The van der Waals surface area contributed by atoms with Crippen LogP contribution >= 0.6 is 0 Å². The summed E-state index contributed by atoms with van der Waals surface area (Å²) in [5.41, 5.74) is 3.27. The molecular weight excluding hydrogens is 238 g/mol. The number of hydrogen-bond donors (Lipinski definition) is 0. The number of esters is 1. The third-order valence-electron chi connectivity index (χ3n) is 2.93. The van der Waals surface area contributed by atoms with Crippen molar-refractivity contribution in [3.8, 4) is 0 Å². The number of ether oxygens (including phenoxy) is 1. The molecule has 0 N–H and O–H groups in total. The molecule has 19 heavy (non-hydrogen) atoms. The number of pyridine rings is 1. The van der Waals surface area contributed by atoms with Crippen LogP contribution in [-0.4, -0.2) is 17.6 Å². The zero-order valence-corrected chi connectivity index (χ0v) is 11.4. The number of fused-ring (bicyclic) bond motifs is 1. The van der Waals surface area contributed by atoms with E-state index in [0.29, 0.717) is 17.9 Å². The zero-order chi connectivity index (χ0) is 13.8. The maximum absolute atomic E-state index is 12.0. The van der Waals surface area contributed by atoms with Crippen LogP contribution in [0, 0.1) is 13.8 Å². The van der Waals surface area contributed by atoms with Gasteiger partial charge in [-0.1, -0.05) is 23.8 Å². The maximum Gasteiger partial charge on any atom is 0.340 e. The Hall–Kier alpha value is -2.16. The first-order valence-corrected chi connectivity index (χ1v) is 6.28. The van der Waals surface area contributed by atoms with Crippen molar-refractivity contribution in [3.05, 3.63) is 53.2 Å². The number of carbonyl (C=O) groups excluding carboxylic acids is 1. The van der Waals surface area contributed by atoms with Crippen LogP contribution in [0.15, 0.2) is 36.4 Å². The number of hydrogen-bond acceptors (Lipinski definition) is 3. The Balaban J connectivity index is 2.37. The average Bonchev–Trinajstić information content (AvgIpc) is 2.38. The molecule has 0 fully saturated rings. The highest BCUT2D eigenvalue weighted by Gasteiger charge is 2.12. The molecule has 0 aliphatic carbocycles. The summed E-state index contributed by atoms with van der Waals surface area (Å²) in [5, 5.41) is 0.962. The van der Waals surface area contributed by atoms with Gasteiger partial charge in [0.15, 0.2) is 0 Å². The minimum atomic E-state index is -0.327. The van der Waals surface area contributed by atoms with Crippen LogP contribution in [0.25, 0.3) is 10.9 Å². The van der Waals surface area contributed by atoms with Gasteiger partial charge in [-0.3, -0.25) is 4.98 Å². The average molecular weight is 255 g/mol. The van der Waals surface area contributed by atoms with E-state index in [0.717, 1.165) is 16.5 Å². The van der Waals surface area contributed by atoms with Crippen LogP contribution in [0.2, 0.25) is 0 Å². The fourth-order valence-electron chi connectivity index (χ4n) is 1.90. The Labute approximate surface area is 112 Å². The number of allylic oxidation sites excluding steroid dienone is 1. The van der Waals surface area contributed by atoms with E-state index in [1.54, 1.807) is 6.08 Å². The van der Waals surface area contributed by atoms with Gasteiger partial charge in [0.05, 0.1) is 16.8 Å². The Morgan fingerprint density at radius 1 is 1.32 bits per heavy atom. The Bertz CT molecular complexity index is 644. The van der Waals surface area contributed by atoms with Crippen molar-refractivity contribution in [2.75, 3.05) is 6.61 Å². The zero-order valence-electron chi connectivity index (χ0n) is 11.4. The molecule has 0 bridgehead atoms. The second-order valence-electron chi connectivity index (χ2n) is 4.48. The summed E-state index contributed by atoms with van der Waals surface area (Å²) in [6.07, 6.45) is 3.65. The molecule has 0 amide bonds. The first-order valence-electron chi connectivity index (χ1n) is 6.28. The predicted molar refractivity (Wildman–Crippen MR) is 76.3 cm³/mol. The van der Waals surface area contributed by atoms with Gasteiger partial charge in [0.25, 0.3) is 0 Å². The molecule has 0 saturated heterocycles. The number of nitrogens with zero attached hydrogens (tertiary/aromatic N) is 1. The van der Waals surface area contributed by atoms with E-state index >= 15 is 0 Å². The molecular formula is C16H17NO2. The summed E-state index contributed by atoms with van der Waals surface area (Å²) in [5.74, 6) is -0.327. The molecule has 3 heteroatoms. The Morgan fingerprint density at radius 2 is 2.11 bits per heavy atom. The van der Waals surface area contributed by atoms with Crippen LogP contribution in [0.5, 0.6) is 0 Å². The van der Waals surface area contributed by atoms with Crippen LogP contribution < -0.4 is 0 Å². The van der Waals surface area contributed by atoms with Gasteiger partial charge in [-0.2, -0.15) is 0 Å². The first kappa shape index (κ1) is 13.3. The summed E-state index contributed by atoms with van der Waals surface area (Å²) in [7, 11) is 0. The number of rotatable bonds is 3. The monoisotopic (exact) mass is 255 g/mol. The van der Waals surface area contributed by atoms with Crippen molar-refractivity contribution in [1.29, 1.82) is 0 Å². The molecule has 1 aromatic carbocycles. The molecule has 0 aliphatic rings. The molecule has 0 radical (unpaired) electrons. The Kier molecular flexibility index (Phi) is 3.95. The summed E-state index contributed by atoms with van der Waals surface area (Å²) >= 11 is 0. The lowest BCUT2D eigenvalue weighted by molar-refractivity contribution is 0.0548. The summed E-state index contributed by atoms with van der Waals surface area (Å²) < 4.78 is 5.16. The van der Waals surface area contributed by atoms with Gasteiger partial charge in [0.1, 0.15) is 6.61 Å². The van der Waals surface area contributed by atoms with Crippen LogP contribution in [0.1, 0.15) is 28.5 Å². The van der Waals surface area contributed by atoms with Gasteiger partial charge in [-0.25, -0.2) is 4.79 Å². The van der Waals surface area contributed by atoms with Crippen LogP contribution in [0.4, 0.5) is 0 Å². The summed E-state index contributed by atoms with van der Waals surface area (Å²) in [6.45, 7) is 6.02. The normalized spacial score (nSPS) is 11.1. The van der Waals surface area contributed by atoms with E-state index in [1.807, 2.05) is 51.1 Å². The number of benzene rings is 1. The highest BCUT2D eigenvalue weighted by Crippen LogP contribution is 2.18. The molecule has 3 nitrogen and oxygen atoms in total. The van der Waals surface area contributed by atoms with Gasteiger partial charge in [0, 0.05) is 5.39 Å². The van der Waals surface area contributed by atoms with Gasteiger partial charge < -0.3 is 4.74 Å². The van der Waals surface area contributed by atoms with E-state index in [4.69, 9.17) is 4.74 Å². The highest BCUT2D eigenvalue weighted by atomic mass is 16.5. The Morgan fingerprint density at radius 3 is 2.84 bits per heavy atom. The van der Waals surface area contributed by atoms with Gasteiger partial charge >= 0.3 is 5.97 Å².